The number of nitrogens with zero attached hydrogens (tertiary/aromatic N) is 2. The van der Waals surface area contributed by atoms with Crippen LogP contribution < -0.4 is 0 Å². The Labute approximate surface area is 138 Å². The third-order valence-electron chi connectivity index (χ3n) is 3.79. The van der Waals surface area contributed by atoms with Crippen LogP contribution in [0.3, 0.4) is 0 Å². The summed E-state index contributed by atoms with van der Waals surface area (Å²) >= 11 is 1.69. The van der Waals surface area contributed by atoms with Crippen LogP contribution in [0.1, 0.15) is 52.5 Å². The number of carbonyl (C=O) groups excluding carboxylic acids is 1. The van der Waals surface area contributed by atoms with Crippen LogP contribution in [0.15, 0.2) is 29.3 Å². The molecule has 0 aliphatic carbocycles. The first-order chi connectivity index (χ1) is 10.3. The molecular formula is C18H26N2OS. The van der Waals surface area contributed by atoms with Crippen molar-refractivity contribution in [2.45, 2.75) is 47.0 Å². The SMILES string of the molecule is CCC(=O)N1CC(C)(C)CS/C1=N\c1ccccc1C(C)C. The molecule has 2 rings (SSSR count). The lowest BCUT2D eigenvalue weighted by molar-refractivity contribution is -0.127. The van der Waals surface area contributed by atoms with Gasteiger partial charge in [0, 0.05) is 18.7 Å². The molecule has 0 unspecified atom stereocenters. The molecule has 0 aromatic heterocycles. The van der Waals surface area contributed by atoms with Crippen molar-refractivity contribution in [1.29, 1.82) is 0 Å². The van der Waals surface area contributed by atoms with Crippen molar-refractivity contribution >= 4 is 28.5 Å². The molecule has 0 saturated carbocycles. The van der Waals surface area contributed by atoms with Crippen LogP contribution in [-0.4, -0.2) is 28.3 Å². The van der Waals surface area contributed by atoms with Crippen molar-refractivity contribution in [3.05, 3.63) is 29.8 Å². The first kappa shape index (κ1) is 17.1. The van der Waals surface area contributed by atoms with E-state index in [1.807, 2.05) is 30.0 Å². The van der Waals surface area contributed by atoms with E-state index in [1.54, 1.807) is 11.8 Å². The summed E-state index contributed by atoms with van der Waals surface area (Å²) in [5, 5.41) is 0.847. The maximum atomic E-state index is 12.3. The number of benzene rings is 1. The van der Waals surface area contributed by atoms with Gasteiger partial charge in [-0.15, -0.1) is 0 Å². The normalized spacial score (nSPS) is 19.7. The summed E-state index contributed by atoms with van der Waals surface area (Å²) in [7, 11) is 0. The van der Waals surface area contributed by atoms with Gasteiger partial charge in [-0.3, -0.25) is 9.69 Å². The Balaban J connectivity index is 2.38. The summed E-state index contributed by atoms with van der Waals surface area (Å²) in [4.78, 5) is 19.0. The zero-order valence-corrected chi connectivity index (χ0v) is 15.0. The molecule has 1 saturated heterocycles. The lowest BCUT2D eigenvalue weighted by Crippen LogP contribution is -2.46. The van der Waals surface area contributed by atoms with Gasteiger partial charge in [-0.05, 0) is 23.0 Å². The number of aliphatic imine (C=N–C) groups is 1. The molecule has 0 bridgehead atoms. The molecule has 1 heterocycles. The highest BCUT2D eigenvalue weighted by Gasteiger charge is 2.33. The highest BCUT2D eigenvalue weighted by molar-refractivity contribution is 8.13. The van der Waals surface area contributed by atoms with E-state index in [0.29, 0.717) is 12.3 Å². The molecule has 120 valence electrons. The summed E-state index contributed by atoms with van der Waals surface area (Å²) in [6.45, 7) is 11.4. The minimum Gasteiger partial charge on any atom is -0.291 e. The summed E-state index contributed by atoms with van der Waals surface area (Å²) in [5.74, 6) is 1.56. The van der Waals surface area contributed by atoms with Crippen molar-refractivity contribution in [2.24, 2.45) is 10.4 Å². The smallest absolute Gasteiger partial charge is 0.228 e. The van der Waals surface area contributed by atoms with Crippen LogP contribution >= 0.6 is 11.8 Å². The number of para-hydroxylation sites is 1. The van der Waals surface area contributed by atoms with Gasteiger partial charge in [0.2, 0.25) is 5.91 Å². The maximum absolute atomic E-state index is 12.3. The Bertz CT molecular complexity index is 578. The number of hydrogen-bond donors (Lipinski definition) is 0. The molecule has 1 fully saturated rings. The first-order valence-corrected chi connectivity index (χ1v) is 8.93. The molecule has 0 N–H and O–H groups in total. The molecule has 22 heavy (non-hydrogen) atoms. The molecule has 1 aliphatic heterocycles. The van der Waals surface area contributed by atoms with Gasteiger partial charge in [0.1, 0.15) is 0 Å². The molecule has 1 aliphatic rings. The van der Waals surface area contributed by atoms with E-state index in [9.17, 15) is 4.79 Å². The predicted molar refractivity (Wildman–Crippen MR) is 95.9 cm³/mol. The van der Waals surface area contributed by atoms with Crippen molar-refractivity contribution < 1.29 is 4.79 Å². The standard InChI is InChI=1S/C18H26N2OS/c1-6-16(21)20-11-18(4,5)12-22-17(20)19-15-10-8-7-9-14(15)13(2)3/h7-10,13H,6,11-12H2,1-5H3/b19-17-. The summed E-state index contributed by atoms with van der Waals surface area (Å²) in [6, 6.07) is 8.21. The van der Waals surface area contributed by atoms with Gasteiger partial charge in [0.05, 0.1) is 5.69 Å². The van der Waals surface area contributed by atoms with Gasteiger partial charge >= 0.3 is 0 Å². The van der Waals surface area contributed by atoms with E-state index in [0.717, 1.165) is 23.2 Å². The van der Waals surface area contributed by atoms with E-state index in [-0.39, 0.29) is 11.3 Å². The number of carbonyl (C=O) groups is 1. The minimum absolute atomic E-state index is 0.131. The number of amides is 1. The Hall–Kier alpha value is -1.29. The second-order valence-electron chi connectivity index (χ2n) is 6.89. The average Bonchev–Trinajstić information content (AvgIpc) is 2.48. The van der Waals surface area contributed by atoms with E-state index >= 15 is 0 Å². The zero-order chi connectivity index (χ0) is 16.3. The fourth-order valence-corrected chi connectivity index (χ4v) is 3.63. The van der Waals surface area contributed by atoms with Gasteiger partial charge in [-0.2, -0.15) is 0 Å². The Morgan fingerprint density at radius 3 is 2.68 bits per heavy atom. The summed E-state index contributed by atoms with van der Waals surface area (Å²) in [5.41, 5.74) is 2.34. The number of hydrogen-bond acceptors (Lipinski definition) is 3. The molecule has 0 radical (unpaired) electrons. The minimum atomic E-state index is 0.131. The summed E-state index contributed by atoms with van der Waals surface area (Å²) < 4.78 is 0. The fourth-order valence-electron chi connectivity index (χ4n) is 2.54. The van der Waals surface area contributed by atoms with Crippen LogP contribution in [0.5, 0.6) is 0 Å². The van der Waals surface area contributed by atoms with Crippen LogP contribution in [0.2, 0.25) is 0 Å². The van der Waals surface area contributed by atoms with Crippen molar-refractivity contribution in [3.8, 4) is 0 Å². The number of thioether (sulfide) groups is 1. The summed E-state index contributed by atoms with van der Waals surface area (Å²) in [6.07, 6.45) is 0.515. The third-order valence-corrected chi connectivity index (χ3v) is 5.28. The molecule has 1 aromatic carbocycles. The largest absolute Gasteiger partial charge is 0.291 e. The van der Waals surface area contributed by atoms with E-state index < -0.39 is 0 Å². The molecular weight excluding hydrogens is 292 g/mol. The topological polar surface area (TPSA) is 32.7 Å². The van der Waals surface area contributed by atoms with Gasteiger partial charge in [-0.25, -0.2) is 4.99 Å². The first-order valence-electron chi connectivity index (χ1n) is 7.95. The molecule has 4 heteroatoms. The van der Waals surface area contributed by atoms with Crippen LogP contribution in [0, 0.1) is 5.41 Å². The third kappa shape index (κ3) is 3.92. The van der Waals surface area contributed by atoms with E-state index in [2.05, 4.69) is 33.8 Å². The zero-order valence-electron chi connectivity index (χ0n) is 14.2. The van der Waals surface area contributed by atoms with Gasteiger partial charge in [0.25, 0.3) is 0 Å². The Morgan fingerprint density at radius 1 is 1.36 bits per heavy atom. The molecule has 1 aromatic rings. The quantitative estimate of drug-likeness (QED) is 0.801. The number of rotatable bonds is 3. The highest BCUT2D eigenvalue weighted by Crippen LogP contribution is 2.34. The van der Waals surface area contributed by atoms with E-state index in [4.69, 9.17) is 4.99 Å². The van der Waals surface area contributed by atoms with Crippen LogP contribution in [-0.2, 0) is 4.79 Å². The molecule has 0 spiro atoms. The van der Waals surface area contributed by atoms with Crippen molar-refractivity contribution in [3.63, 3.8) is 0 Å². The number of amidine groups is 1. The lowest BCUT2D eigenvalue weighted by Gasteiger charge is -2.38. The Kier molecular flexibility index (Phi) is 5.32. The van der Waals surface area contributed by atoms with Crippen LogP contribution in [0.4, 0.5) is 5.69 Å². The highest BCUT2D eigenvalue weighted by atomic mass is 32.2. The van der Waals surface area contributed by atoms with Crippen molar-refractivity contribution in [1.82, 2.24) is 4.90 Å². The monoisotopic (exact) mass is 318 g/mol. The lowest BCUT2D eigenvalue weighted by atomic mass is 9.95. The Morgan fingerprint density at radius 2 is 2.05 bits per heavy atom. The second-order valence-corrected chi connectivity index (χ2v) is 7.84. The molecule has 3 nitrogen and oxygen atoms in total. The van der Waals surface area contributed by atoms with Crippen molar-refractivity contribution in [2.75, 3.05) is 12.3 Å². The van der Waals surface area contributed by atoms with Gasteiger partial charge < -0.3 is 0 Å². The van der Waals surface area contributed by atoms with Crippen LogP contribution in [0.25, 0.3) is 0 Å². The average molecular weight is 318 g/mol. The predicted octanol–water partition coefficient (Wildman–Crippen LogP) is 4.81. The van der Waals surface area contributed by atoms with Gasteiger partial charge in [0.15, 0.2) is 5.17 Å². The van der Waals surface area contributed by atoms with E-state index in [1.165, 1.54) is 5.56 Å². The maximum Gasteiger partial charge on any atom is 0.228 e. The fraction of sp³-hybridized carbons (Fsp3) is 0.556. The molecule has 0 atom stereocenters. The van der Waals surface area contributed by atoms with Gasteiger partial charge in [-0.1, -0.05) is 64.6 Å². The second kappa shape index (κ2) is 6.86. The molecule has 1 amide bonds.